The molecule has 5 nitrogen and oxygen atoms in total. The number of benzene rings is 1. The summed E-state index contributed by atoms with van der Waals surface area (Å²) in [5.74, 6) is 0.301. The molecule has 26 heavy (non-hydrogen) atoms. The van der Waals surface area contributed by atoms with Gasteiger partial charge in [0.25, 0.3) is 5.91 Å². The van der Waals surface area contributed by atoms with E-state index < -0.39 is 0 Å². The number of H-pyrrole nitrogens is 1. The third-order valence-electron chi connectivity index (χ3n) is 4.01. The van der Waals surface area contributed by atoms with Crippen molar-refractivity contribution in [2.45, 2.75) is 13.3 Å². The monoisotopic (exact) mass is 345 g/mol. The van der Waals surface area contributed by atoms with Crippen LogP contribution < -0.4 is 5.32 Å². The van der Waals surface area contributed by atoms with Crippen LogP contribution in [0.2, 0.25) is 0 Å². The minimum Gasteiger partial charge on any atom is -0.465 e. The second-order valence-corrected chi connectivity index (χ2v) is 5.94. The fraction of sp³-hybridized carbons (Fsp3) is 0.143. The van der Waals surface area contributed by atoms with Gasteiger partial charge in [0, 0.05) is 23.6 Å². The maximum absolute atomic E-state index is 12.2. The quantitative estimate of drug-likeness (QED) is 0.403. The van der Waals surface area contributed by atoms with Crippen LogP contribution in [0.25, 0.3) is 17.0 Å². The summed E-state index contributed by atoms with van der Waals surface area (Å²) in [4.78, 5) is 15.5. The summed E-state index contributed by atoms with van der Waals surface area (Å²) in [6.07, 6.45) is 7.55. The highest BCUT2D eigenvalue weighted by Crippen LogP contribution is 2.17. The second-order valence-electron chi connectivity index (χ2n) is 5.94. The number of amides is 1. The Morgan fingerprint density at radius 3 is 2.92 bits per heavy atom. The molecule has 2 N–H and O–H groups in total. The number of carbonyl (C=O) groups is 1. The highest BCUT2D eigenvalue weighted by atomic mass is 16.3. The lowest BCUT2D eigenvalue weighted by atomic mass is 10.1. The molecule has 0 atom stereocenters. The number of furan rings is 1. The Labute approximate surface area is 151 Å². The van der Waals surface area contributed by atoms with Gasteiger partial charge in [0.15, 0.2) is 0 Å². The van der Waals surface area contributed by atoms with Gasteiger partial charge in [-0.1, -0.05) is 18.2 Å². The van der Waals surface area contributed by atoms with Crippen LogP contribution in [0, 0.1) is 11.3 Å². The number of carbonyl (C=O) groups excluding carboxylic acids is 1. The predicted molar refractivity (Wildman–Crippen MR) is 101 cm³/mol. The van der Waals surface area contributed by atoms with E-state index in [2.05, 4.69) is 10.3 Å². The van der Waals surface area contributed by atoms with Crippen LogP contribution in [0.1, 0.15) is 18.2 Å². The molecule has 0 spiro atoms. The molecule has 0 aliphatic heterocycles. The lowest BCUT2D eigenvalue weighted by Crippen LogP contribution is -2.26. The maximum atomic E-state index is 12.2. The van der Waals surface area contributed by atoms with Crippen molar-refractivity contribution in [3.63, 3.8) is 0 Å². The molecular weight excluding hydrogens is 326 g/mol. The molecule has 0 saturated carbocycles. The van der Waals surface area contributed by atoms with Crippen molar-refractivity contribution in [3.05, 3.63) is 77.4 Å². The first-order valence-corrected chi connectivity index (χ1v) is 8.34. The van der Waals surface area contributed by atoms with E-state index in [1.54, 1.807) is 24.5 Å². The maximum Gasteiger partial charge on any atom is 0.261 e. The second kappa shape index (κ2) is 8.04. The fourth-order valence-electron chi connectivity index (χ4n) is 2.76. The van der Waals surface area contributed by atoms with Crippen molar-refractivity contribution in [2.24, 2.45) is 0 Å². The number of para-hydroxylation sites is 1. The van der Waals surface area contributed by atoms with Gasteiger partial charge in [-0.15, -0.1) is 0 Å². The van der Waals surface area contributed by atoms with Crippen molar-refractivity contribution < 1.29 is 9.21 Å². The average Bonchev–Trinajstić information content (AvgIpc) is 3.29. The Bertz CT molecular complexity index is 1000. The topological polar surface area (TPSA) is 81.8 Å². The van der Waals surface area contributed by atoms with E-state index in [1.807, 2.05) is 49.5 Å². The van der Waals surface area contributed by atoms with Gasteiger partial charge in [-0.05, 0) is 54.8 Å². The first-order valence-electron chi connectivity index (χ1n) is 8.34. The Morgan fingerprint density at radius 2 is 2.15 bits per heavy atom. The molecule has 0 fully saturated rings. The molecule has 3 rings (SSSR count). The number of aromatic nitrogens is 1. The number of rotatable bonds is 6. The summed E-state index contributed by atoms with van der Waals surface area (Å²) in [6, 6.07) is 13.6. The van der Waals surface area contributed by atoms with E-state index in [4.69, 9.17) is 4.42 Å². The average molecular weight is 345 g/mol. The van der Waals surface area contributed by atoms with Gasteiger partial charge < -0.3 is 14.7 Å². The summed E-state index contributed by atoms with van der Waals surface area (Å²) < 4.78 is 5.23. The molecule has 5 heteroatoms. The van der Waals surface area contributed by atoms with Gasteiger partial charge >= 0.3 is 0 Å². The number of aromatic amines is 1. The first-order chi connectivity index (χ1) is 12.7. The Morgan fingerprint density at radius 1 is 1.31 bits per heavy atom. The summed E-state index contributed by atoms with van der Waals surface area (Å²) in [6.45, 7) is 2.28. The lowest BCUT2D eigenvalue weighted by Gasteiger charge is -2.04. The van der Waals surface area contributed by atoms with Crippen LogP contribution in [0.3, 0.4) is 0 Å². The first kappa shape index (κ1) is 17.3. The molecule has 0 bridgehead atoms. The Kier molecular flexibility index (Phi) is 5.35. The van der Waals surface area contributed by atoms with Crippen LogP contribution in [0.15, 0.2) is 70.5 Å². The van der Waals surface area contributed by atoms with Crippen LogP contribution >= 0.6 is 0 Å². The smallest absolute Gasteiger partial charge is 0.261 e. The van der Waals surface area contributed by atoms with E-state index in [1.165, 1.54) is 0 Å². The van der Waals surface area contributed by atoms with Gasteiger partial charge in [-0.25, -0.2) is 0 Å². The highest BCUT2D eigenvalue weighted by molar-refractivity contribution is 5.97. The zero-order chi connectivity index (χ0) is 18.4. The number of nitrogens with one attached hydrogen (secondary N) is 2. The molecule has 2 aromatic heterocycles. The molecule has 130 valence electrons. The molecular formula is C21H19N3O2. The van der Waals surface area contributed by atoms with E-state index in [9.17, 15) is 10.1 Å². The summed E-state index contributed by atoms with van der Waals surface area (Å²) in [5, 5.41) is 13.2. The van der Waals surface area contributed by atoms with Crippen LogP contribution in [0.5, 0.6) is 0 Å². The zero-order valence-electron chi connectivity index (χ0n) is 14.5. The molecule has 0 saturated heterocycles. The number of hydrogen-bond acceptors (Lipinski definition) is 3. The highest BCUT2D eigenvalue weighted by Gasteiger charge is 2.09. The molecule has 1 aromatic carbocycles. The minimum atomic E-state index is -0.375. The van der Waals surface area contributed by atoms with Crippen molar-refractivity contribution in [1.82, 2.24) is 10.3 Å². The molecule has 0 aliphatic carbocycles. The van der Waals surface area contributed by atoms with Crippen LogP contribution in [-0.4, -0.2) is 17.4 Å². The van der Waals surface area contributed by atoms with Gasteiger partial charge in [-0.3, -0.25) is 4.79 Å². The normalized spacial score (nSPS) is 12.2. The van der Waals surface area contributed by atoms with E-state index in [0.717, 1.165) is 22.0 Å². The van der Waals surface area contributed by atoms with Crippen molar-refractivity contribution in [3.8, 4) is 6.07 Å². The third kappa shape index (κ3) is 4.11. The fourth-order valence-corrected chi connectivity index (χ4v) is 2.76. The number of nitrogens with zero attached hydrogens (tertiary/aromatic N) is 1. The van der Waals surface area contributed by atoms with Gasteiger partial charge in [0.1, 0.15) is 17.4 Å². The number of hydrogen-bond donors (Lipinski definition) is 2. The molecule has 0 radical (unpaired) electrons. The van der Waals surface area contributed by atoms with E-state index >= 15 is 0 Å². The predicted octanol–water partition coefficient (Wildman–Crippen LogP) is 3.97. The van der Waals surface area contributed by atoms with Crippen molar-refractivity contribution in [1.29, 1.82) is 5.26 Å². The largest absolute Gasteiger partial charge is 0.465 e. The summed E-state index contributed by atoms with van der Waals surface area (Å²) in [5.41, 5.74) is 3.05. The zero-order valence-corrected chi connectivity index (χ0v) is 14.5. The summed E-state index contributed by atoms with van der Waals surface area (Å²) >= 11 is 0. The third-order valence-corrected chi connectivity index (χ3v) is 4.01. The summed E-state index contributed by atoms with van der Waals surface area (Å²) in [7, 11) is 0. The van der Waals surface area contributed by atoms with Crippen LogP contribution in [0.4, 0.5) is 0 Å². The molecule has 3 aromatic rings. The number of nitriles is 1. The van der Waals surface area contributed by atoms with Gasteiger partial charge in [0.05, 0.1) is 6.26 Å². The standard InChI is InChI=1S/C21H19N3O2/c1-15(12-18-5-4-10-26-18)11-17(13-22)21(25)23-9-8-16-14-24-20-7-3-2-6-19(16)20/h2-7,10-12,14,24H,8-9H2,1H3,(H,23,25)/b15-12-,17-11+. The molecule has 0 aliphatic rings. The Hall–Kier alpha value is -3.52. The van der Waals surface area contributed by atoms with E-state index in [-0.39, 0.29) is 11.5 Å². The van der Waals surface area contributed by atoms with E-state index in [0.29, 0.717) is 18.7 Å². The molecule has 1 amide bonds. The SMILES string of the molecule is CC(=C/c1ccco1)/C=C(\C#N)C(=O)NCCc1c[nH]c2ccccc12. The minimum absolute atomic E-state index is 0.0734. The van der Waals surface area contributed by atoms with Gasteiger partial charge in [0.2, 0.25) is 0 Å². The number of fused-ring (bicyclic) bond motifs is 1. The van der Waals surface area contributed by atoms with Crippen molar-refractivity contribution in [2.75, 3.05) is 6.54 Å². The molecule has 0 unspecified atom stereocenters. The number of allylic oxidation sites excluding steroid dienone is 2. The van der Waals surface area contributed by atoms with Crippen LogP contribution in [-0.2, 0) is 11.2 Å². The molecule has 2 heterocycles. The van der Waals surface area contributed by atoms with Gasteiger partial charge in [-0.2, -0.15) is 5.26 Å². The lowest BCUT2D eigenvalue weighted by molar-refractivity contribution is -0.117. The Balaban J connectivity index is 1.61. The van der Waals surface area contributed by atoms with Crippen molar-refractivity contribution >= 4 is 22.9 Å².